The monoisotopic (exact) mass is 756 g/mol. The molecule has 18 heteroatoms. The minimum absolute atomic E-state index is 0.119. The number of aliphatic hydroxyl groups is 6. The highest BCUT2D eigenvalue weighted by Gasteiger charge is 2.48. The zero-order valence-corrected chi connectivity index (χ0v) is 28.1. The number of carbonyl (C=O) groups is 1. The summed E-state index contributed by atoms with van der Waals surface area (Å²) in [5.74, 6) is -4.07. The standard InChI is InChI=1S/C36H36O18/c1-14-26(43)29(46)31(48)35(49-14)50-18-11-21(41)25-22(12-18)51-32(16-4-6-17(38)7-5-16)33(28(25)45)54-36-34(30(47)27(44)23(13-37)52-36)53-24(42)9-3-15-2-8-19(39)20(40)10-15/h2-12,14,23,26-27,29-31,34-41,43-44,46-48H,13H2,1H3/b9-3+/t14?,23?,26-,27+,29-,30?,31?,34?,35-,36-/m0/s1. The van der Waals surface area contributed by atoms with Crippen LogP contribution in [-0.4, -0.2) is 125 Å². The Morgan fingerprint density at radius 1 is 0.778 bits per heavy atom. The fourth-order valence-electron chi connectivity index (χ4n) is 5.86. The van der Waals surface area contributed by atoms with Crippen molar-refractivity contribution in [2.24, 2.45) is 0 Å². The van der Waals surface area contributed by atoms with Crippen molar-refractivity contribution in [3.8, 4) is 45.8 Å². The van der Waals surface area contributed by atoms with Gasteiger partial charge in [-0.3, -0.25) is 4.79 Å². The number of rotatable bonds is 9. The lowest BCUT2D eigenvalue weighted by Crippen LogP contribution is -2.61. The topological polar surface area (TPSA) is 296 Å². The summed E-state index contributed by atoms with van der Waals surface area (Å²) < 4.78 is 34.1. The second-order valence-electron chi connectivity index (χ2n) is 12.6. The van der Waals surface area contributed by atoms with Crippen molar-refractivity contribution in [2.75, 3.05) is 6.61 Å². The Bertz CT molecular complexity index is 2080. The van der Waals surface area contributed by atoms with Gasteiger partial charge in [-0.1, -0.05) is 6.07 Å². The molecule has 10 N–H and O–H groups in total. The minimum Gasteiger partial charge on any atom is -0.508 e. The van der Waals surface area contributed by atoms with Crippen molar-refractivity contribution in [3.05, 3.63) is 76.5 Å². The molecule has 3 aromatic carbocycles. The third-order valence-electron chi connectivity index (χ3n) is 8.82. The largest absolute Gasteiger partial charge is 0.508 e. The Hall–Kier alpha value is -5.44. The summed E-state index contributed by atoms with van der Waals surface area (Å²) in [6.07, 6.45) is -14.2. The molecular weight excluding hydrogens is 720 g/mol. The van der Waals surface area contributed by atoms with Crippen LogP contribution in [0.3, 0.4) is 0 Å². The molecule has 6 rings (SSSR count). The molecule has 10 atom stereocenters. The lowest BCUT2D eigenvalue weighted by atomic mass is 9.99. The van der Waals surface area contributed by atoms with Crippen LogP contribution in [0.25, 0.3) is 28.4 Å². The van der Waals surface area contributed by atoms with Crippen LogP contribution < -0.4 is 14.9 Å². The molecule has 2 aliphatic heterocycles. The van der Waals surface area contributed by atoms with Crippen LogP contribution in [0, 0.1) is 0 Å². The fraction of sp³-hybridized carbons (Fsp3) is 0.333. The normalized spacial score (nSPS) is 28.6. The summed E-state index contributed by atoms with van der Waals surface area (Å²) >= 11 is 0. The molecule has 2 fully saturated rings. The molecule has 2 saturated heterocycles. The van der Waals surface area contributed by atoms with Gasteiger partial charge in [0.05, 0.1) is 12.7 Å². The van der Waals surface area contributed by atoms with Crippen LogP contribution in [0.15, 0.2) is 69.9 Å². The molecule has 0 saturated carbocycles. The zero-order valence-electron chi connectivity index (χ0n) is 28.1. The lowest BCUT2D eigenvalue weighted by Gasteiger charge is -2.41. The number of aromatic hydroxyl groups is 4. The molecule has 0 bridgehead atoms. The first-order valence-corrected chi connectivity index (χ1v) is 16.4. The molecule has 0 aliphatic carbocycles. The molecule has 5 unspecified atom stereocenters. The van der Waals surface area contributed by atoms with Gasteiger partial charge in [-0.2, -0.15) is 0 Å². The van der Waals surface area contributed by atoms with E-state index in [1.807, 2.05) is 0 Å². The van der Waals surface area contributed by atoms with E-state index < -0.39 is 108 Å². The van der Waals surface area contributed by atoms with Crippen LogP contribution in [0.1, 0.15) is 12.5 Å². The summed E-state index contributed by atoms with van der Waals surface area (Å²) in [6.45, 7) is 0.585. The van der Waals surface area contributed by atoms with Crippen molar-refractivity contribution in [1.82, 2.24) is 0 Å². The molecule has 0 spiro atoms. The first-order valence-electron chi connectivity index (χ1n) is 16.4. The number of phenolic OH excluding ortho intramolecular Hbond substituents is 4. The van der Waals surface area contributed by atoms with E-state index in [-0.39, 0.29) is 34.0 Å². The molecule has 3 heterocycles. The van der Waals surface area contributed by atoms with Crippen LogP contribution in [-0.2, 0) is 19.0 Å². The SMILES string of the molecule is CC1O[C@@H](Oc2cc(O)c3c(=O)c(O[C@@H]4OC(CO)[C@@H](O)C(O)C4OC(=O)/C=C/c4ccc(O)c(O)c4)c(-c4ccc(O)cc4)oc3c2)C(O)[C@@H](O)[C@H]1O. The van der Waals surface area contributed by atoms with E-state index in [9.17, 15) is 60.7 Å². The molecule has 1 aromatic heterocycles. The zero-order chi connectivity index (χ0) is 39.0. The first kappa shape index (κ1) is 38.3. The molecule has 0 radical (unpaired) electrons. The molecule has 4 aromatic rings. The highest BCUT2D eigenvalue weighted by atomic mass is 16.7. The fourth-order valence-corrected chi connectivity index (χ4v) is 5.86. The van der Waals surface area contributed by atoms with Gasteiger partial charge in [0.25, 0.3) is 0 Å². The summed E-state index contributed by atoms with van der Waals surface area (Å²) in [6, 6.07) is 11.0. The van der Waals surface area contributed by atoms with E-state index in [0.717, 1.165) is 24.3 Å². The molecular formula is C36H36O18. The number of benzene rings is 3. The van der Waals surface area contributed by atoms with E-state index in [0.29, 0.717) is 0 Å². The second-order valence-corrected chi connectivity index (χ2v) is 12.6. The Labute approximate surface area is 304 Å². The quantitative estimate of drug-likeness (QED) is 0.0607. The number of carbonyl (C=O) groups excluding carboxylic acids is 1. The van der Waals surface area contributed by atoms with Gasteiger partial charge in [0.2, 0.25) is 23.8 Å². The van der Waals surface area contributed by atoms with Crippen molar-refractivity contribution < 1.29 is 84.0 Å². The number of esters is 1. The van der Waals surface area contributed by atoms with Crippen molar-refractivity contribution >= 4 is 23.0 Å². The molecule has 2 aliphatic rings. The summed E-state index contributed by atoms with van der Waals surface area (Å²) in [7, 11) is 0. The van der Waals surface area contributed by atoms with Gasteiger partial charge in [0, 0.05) is 23.8 Å². The van der Waals surface area contributed by atoms with Gasteiger partial charge in [0.1, 0.15) is 64.8 Å². The number of hydrogen-bond donors (Lipinski definition) is 10. The van der Waals surface area contributed by atoms with E-state index >= 15 is 0 Å². The summed E-state index contributed by atoms with van der Waals surface area (Å²) in [5.41, 5.74) is -0.949. The lowest BCUT2D eigenvalue weighted by molar-refractivity contribution is -0.281. The Morgan fingerprint density at radius 3 is 2.19 bits per heavy atom. The Morgan fingerprint density at radius 2 is 1.50 bits per heavy atom. The predicted molar refractivity (Wildman–Crippen MR) is 181 cm³/mol. The molecule has 0 amide bonds. The Kier molecular flexibility index (Phi) is 11.0. The summed E-state index contributed by atoms with van der Waals surface area (Å²) in [4.78, 5) is 27.1. The Balaban J connectivity index is 1.38. The predicted octanol–water partition coefficient (Wildman–Crippen LogP) is -0.0683. The van der Waals surface area contributed by atoms with Crippen LogP contribution in [0.4, 0.5) is 0 Å². The van der Waals surface area contributed by atoms with Crippen LogP contribution in [0.5, 0.6) is 34.5 Å². The minimum atomic E-state index is -1.95. The van der Waals surface area contributed by atoms with Gasteiger partial charge < -0.3 is 79.2 Å². The van der Waals surface area contributed by atoms with E-state index in [4.69, 9.17) is 28.1 Å². The number of hydrogen-bond acceptors (Lipinski definition) is 18. The van der Waals surface area contributed by atoms with Gasteiger partial charge in [-0.05, 0) is 55.0 Å². The number of ether oxygens (including phenoxy) is 5. The summed E-state index contributed by atoms with van der Waals surface area (Å²) in [5, 5.41) is 102. The highest BCUT2D eigenvalue weighted by molar-refractivity contribution is 5.89. The maximum Gasteiger partial charge on any atom is 0.331 e. The van der Waals surface area contributed by atoms with Gasteiger partial charge in [-0.25, -0.2) is 4.79 Å². The van der Waals surface area contributed by atoms with Crippen LogP contribution >= 0.6 is 0 Å². The average Bonchev–Trinajstić information content (AvgIpc) is 3.14. The van der Waals surface area contributed by atoms with E-state index in [1.54, 1.807) is 0 Å². The average molecular weight is 757 g/mol. The second kappa shape index (κ2) is 15.5. The van der Waals surface area contributed by atoms with Gasteiger partial charge >= 0.3 is 5.97 Å². The number of aliphatic hydroxyl groups excluding tert-OH is 6. The third kappa shape index (κ3) is 7.63. The molecule has 288 valence electrons. The smallest absolute Gasteiger partial charge is 0.331 e. The van der Waals surface area contributed by atoms with Gasteiger partial charge in [-0.15, -0.1) is 0 Å². The van der Waals surface area contributed by atoms with Crippen molar-refractivity contribution in [3.63, 3.8) is 0 Å². The van der Waals surface area contributed by atoms with Crippen molar-refractivity contribution in [1.29, 1.82) is 0 Å². The first-order chi connectivity index (χ1) is 25.7. The van der Waals surface area contributed by atoms with Crippen LogP contribution in [0.2, 0.25) is 0 Å². The maximum absolute atomic E-state index is 14.2. The number of fused-ring (bicyclic) bond motifs is 1. The highest BCUT2D eigenvalue weighted by Crippen LogP contribution is 2.39. The molecule has 18 nitrogen and oxygen atoms in total. The van der Waals surface area contributed by atoms with Crippen molar-refractivity contribution in [2.45, 2.75) is 68.3 Å². The van der Waals surface area contributed by atoms with Gasteiger partial charge in [0.15, 0.2) is 23.4 Å². The molecule has 54 heavy (non-hydrogen) atoms. The third-order valence-corrected chi connectivity index (χ3v) is 8.82. The maximum atomic E-state index is 14.2. The van der Waals surface area contributed by atoms with E-state index in [1.165, 1.54) is 49.4 Å². The number of phenols is 4. The van der Waals surface area contributed by atoms with E-state index in [2.05, 4.69) is 0 Å².